The van der Waals surface area contributed by atoms with Crippen molar-refractivity contribution >= 4 is 33.6 Å². The van der Waals surface area contributed by atoms with Gasteiger partial charge in [0.2, 0.25) is 15.9 Å². The molecule has 0 radical (unpaired) electrons. The van der Waals surface area contributed by atoms with Gasteiger partial charge in [0.15, 0.2) is 0 Å². The molecule has 0 bridgehead atoms. The van der Waals surface area contributed by atoms with Gasteiger partial charge >= 0.3 is 11.9 Å². The molecule has 1 aliphatic heterocycles. The summed E-state index contributed by atoms with van der Waals surface area (Å²) in [5.74, 6) is -2.68. The van der Waals surface area contributed by atoms with Crippen LogP contribution in [0.5, 0.6) is 5.75 Å². The fourth-order valence-electron chi connectivity index (χ4n) is 2.64. The monoisotopic (exact) mass is 400 g/mol. The summed E-state index contributed by atoms with van der Waals surface area (Å²) in [4.78, 5) is 34.8. The SMILES string of the molecule is CC(=O)N1CC(C)Oc2ccc(S(=O)(=O)NC(CCC(=O)O)C(=O)O)cc21. The number of nitrogens with zero attached hydrogens (tertiary/aromatic N) is 1. The number of rotatable bonds is 7. The minimum atomic E-state index is -4.27. The van der Waals surface area contributed by atoms with Crippen molar-refractivity contribution in [1.29, 1.82) is 0 Å². The Balaban J connectivity index is 2.33. The number of benzene rings is 1. The number of ether oxygens (including phenoxy) is 1. The molecule has 3 N–H and O–H groups in total. The zero-order chi connectivity index (χ0) is 20.4. The maximum Gasteiger partial charge on any atom is 0.321 e. The van der Waals surface area contributed by atoms with Crippen LogP contribution in [0.4, 0.5) is 5.69 Å². The highest BCUT2D eigenvalue weighted by Gasteiger charge is 2.30. The molecule has 0 saturated carbocycles. The number of carboxylic acid groups (broad SMARTS) is 2. The zero-order valence-corrected chi connectivity index (χ0v) is 15.5. The van der Waals surface area contributed by atoms with Crippen molar-refractivity contribution in [3.8, 4) is 5.75 Å². The Morgan fingerprint density at radius 3 is 2.56 bits per heavy atom. The molecule has 0 spiro atoms. The number of sulfonamides is 1. The van der Waals surface area contributed by atoms with Crippen molar-refractivity contribution in [2.75, 3.05) is 11.4 Å². The molecule has 27 heavy (non-hydrogen) atoms. The second-order valence-corrected chi connectivity index (χ2v) is 7.85. The van der Waals surface area contributed by atoms with Crippen LogP contribution in [0.1, 0.15) is 26.7 Å². The molecule has 2 unspecified atom stereocenters. The van der Waals surface area contributed by atoms with Crippen LogP contribution in [0.25, 0.3) is 0 Å². The Morgan fingerprint density at radius 1 is 1.33 bits per heavy atom. The summed E-state index contributed by atoms with van der Waals surface area (Å²) >= 11 is 0. The maximum absolute atomic E-state index is 12.6. The predicted molar refractivity (Wildman–Crippen MR) is 93.2 cm³/mol. The Labute approximate surface area is 155 Å². The van der Waals surface area contributed by atoms with E-state index in [0.717, 1.165) is 0 Å². The van der Waals surface area contributed by atoms with Crippen molar-refractivity contribution in [1.82, 2.24) is 4.72 Å². The fraction of sp³-hybridized carbons (Fsp3) is 0.438. The van der Waals surface area contributed by atoms with E-state index >= 15 is 0 Å². The van der Waals surface area contributed by atoms with E-state index in [2.05, 4.69) is 0 Å². The summed E-state index contributed by atoms with van der Waals surface area (Å²) in [7, 11) is -4.27. The molecule has 0 fully saturated rings. The molecule has 1 aromatic carbocycles. The first kappa shape index (κ1) is 20.6. The van der Waals surface area contributed by atoms with Crippen LogP contribution in [0, 0.1) is 0 Å². The molecular weight excluding hydrogens is 380 g/mol. The summed E-state index contributed by atoms with van der Waals surface area (Å²) < 4.78 is 32.7. The number of hydrogen-bond donors (Lipinski definition) is 3. The van der Waals surface area contributed by atoms with Crippen LogP contribution < -0.4 is 14.4 Å². The van der Waals surface area contributed by atoms with Gasteiger partial charge in [-0.1, -0.05) is 0 Å². The van der Waals surface area contributed by atoms with Gasteiger partial charge in [-0.25, -0.2) is 8.42 Å². The molecule has 10 nitrogen and oxygen atoms in total. The summed E-state index contributed by atoms with van der Waals surface area (Å²) in [6.07, 6.45) is -1.18. The Kier molecular flexibility index (Phi) is 6.06. The quantitative estimate of drug-likeness (QED) is 0.596. The zero-order valence-electron chi connectivity index (χ0n) is 14.7. The first-order chi connectivity index (χ1) is 12.5. The average Bonchev–Trinajstić information content (AvgIpc) is 2.56. The number of carboxylic acids is 2. The molecule has 2 atom stereocenters. The van der Waals surface area contributed by atoms with Gasteiger partial charge in [-0.15, -0.1) is 0 Å². The predicted octanol–water partition coefficient (Wildman–Crippen LogP) is 0.417. The van der Waals surface area contributed by atoms with Crippen molar-refractivity contribution in [3.63, 3.8) is 0 Å². The average molecular weight is 400 g/mol. The van der Waals surface area contributed by atoms with Crippen molar-refractivity contribution in [2.45, 2.75) is 43.7 Å². The van der Waals surface area contributed by atoms with Gasteiger partial charge in [0.05, 0.1) is 17.1 Å². The Hall–Kier alpha value is -2.66. The van der Waals surface area contributed by atoms with E-state index in [1.54, 1.807) is 6.92 Å². The molecule has 0 aliphatic carbocycles. The van der Waals surface area contributed by atoms with Crippen LogP contribution in [-0.4, -0.2) is 55.2 Å². The van der Waals surface area contributed by atoms with Crippen molar-refractivity contribution < 1.29 is 37.8 Å². The van der Waals surface area contributed by atoms with Crippen LogP contribution in [0.2, 0.25) is 0 Å². The highest BCUT2D eigenvalue weighted by atomic mass is 32.2. The number of carbonyl (C=O) groups excluding carboxylic acids is 1. The Bertz CT molecular complexity index is 867. The van der Waals surface area contributed by atoms with Crippen LogP contribution in [0.3, 0.4) is 0 Å². The van der Waals surface area contributed by atoms with Gasteiger partial charge in [-0.05, 0) is 31.5 Å². The van der Waals surface area contributed by atoms with E-state index < -0.39 is 40.8 Å². The second kappa shape index (κ2) is 7.92. The molecule has 1 aromatic rings. The summed E-state index contributed by atoms with van der Waals surface area (Å²) in [5, 5.41) is 17.8. The molecular formula is C16H20N2O8S. The molecule has 1 heterocycles. The van der Waals surface area contributed by atoms with Gasteiger partial charge in [-0.3, -0.25) is 14.4 Å². The number of hydrogen-bond acceptors (Lipinski definition) is 6. The smallest absolute Gasteiger partial charge is 0.321 e. The van der Waals surface area contributed by atoms with Gasteiger partial charge in [0.1, 0.15) is 17.9 Å². The molecule has 0 aromatic heterocycles. The normalized spacial score (nSPS) is 17.6. The number of fused-ring (bicyclic) bond motifs is 1. The van der Waals surface area contributed by atoms with Gasteiger partial charge in [0.25, 0.3) is 0 Å². The van der Waals surface area contributed by atoms with E-state index in [9.17, 15) is 22.8 Å². The van der Waals surface area contributed by atoms with Crippen molar-refractivity contribution in [3.05, 3.63) is 18.2 Å². The summed E-state index contributed by atoms with van der Waals surface area (Å²) in [6.45, 7) is 3.36. The Morgan fingerprint density at radius 2 is 2.00 bits per heavy atom. The fourth-order valence-corrected chi connectivity index (χ4v) is 3.88. The standard InChI is InChI=1S/C16H20N2O8S/c1-9-8-18(10(2)19)13-7-11(3-5-14(13)26-9)27(24,25)17-12(16(22)23)4-6-15(20)21/h3,5,7,9,12,17H,4,6,8H2,1-2H3,(H,20,21)(H,22,23). The molecule has 148 valence electrons. The van der Waals surface area contributed by atoms with E-state index in [4.69, 9.17) is 14.9 Å². The van der Waals surface area contributed by atoms with Crippen LogP contribution in [-0.2, 0) is 24.4 Å². The van der Waals surface area contributed by atoms with Gasteiger partial charge in [-0.2, -0.15) is 4.72 Å². The third kappa shape index (κ3) is 4.95. The van der Waals surface area contributed by atoms with E-state index in [-0.39, 0.29) is 29.1 Å². The van der Waals surface area contributed by atoms with Crippen LogP contribution >= 0.6 is 0 Å². The number of anilines is 1. The third-order valence-electron chi connectivity index (χ3n) is 3.92. The van der Waals surface area contributed by atoms with Crippen molar-refractivity contribution in [2.24, 2.45) is 0 Å². The number of aliphatic carboxylic acids is 2. The third-order valence-corrected chi connectivity index (χ3v) is 5.39. The summed E-state index contributed by atoms with van der Waals surface area (Å²) in [6, 6.07) is 2.25. The first-order valence-corrected chi connectivity index (χ1v) is 9.55. The lowest BCUT2D eigenvalue weighted by Gasteiger charge is -2.33. The lowest BCUT2D eigenvalue weighted by atomic mass is 10.2. The topological polar surface area (TPSA) is 150 Å². The minimum Gasteiger partial charge on any atom is -0.487 e. The number of nitrogens with one attached hydrogen (secondary N) is 1. The van der Waals surface area contributed by atoms with Gasteiger partial charge < -0.3 is 19.8 Å². The second-order valence-electron chi connectivity index (χ2n) is 6.13. The highest BCUT2D eigenvalue weighted by Crippen LogP contribution is 2.35. The lowest BCUT2D eigenvalue weighted by molar-refractivity contribution is -0.140. The first-order valence-electron chi connectivity index (χ1n) is 8.07. The molecule has 0 saturated heterocycles. The number of amides is 1. The maximum atomic E-state index is 12.6. The van der Waals surface area contributed by atoms with E-state index in [1.165, 1.54) is 30.0 Å². The van der Waals surface area contributed by atoms with E-state index in [0.29, 0.717) is 5.75 Å². The lowest BCUT2D eigenvalue weighted by Crippen LogP contribution is -2.42. The molecule has 11 heteroatoms. The molecule has 1 amide bonds. The largest absolute Gasteiger partial charge is 0.487 e. The van der Waals surface area contributed by atoms with Crippen LogP contribution in [0.15, 0.2) is 23.1 Å². The molecule has 1 aliphatic rings. The van der Waals surface area contributed by atoms with Gasteiger partial charge in [0, 0.05) is 13.3 Å². The minimum absolute atomic E-state index is 0.246. The summed E-state index contributed by atoms with van der Waals surface area (Å²) in [5.41, 5.74) is 0.265. The van der Waals surface area contributed by atoms with E-state index in [1.807, 2.05) is 4.72 Å². The molecule has 2 rings (SSSR count). The number of carbonyl (C=O) groups is 3. The highest BCUT2D eigenvalue weighted by molar-refractivity contribution is 7.89.